The number of imidazole rings is 1. The molecule has 0 unspecified atom stereocenters. The van der Waals surface area contributed by atoms with Crippen LogP contribution in [0.25, 0.3) is 4.96 Å². The number of aromatic nitrogens is 2. The van der Waals surface area contributed by atoms with E-state index in [0.29, 0.717) is 5.15 Å². The molecule has 0 aliphatic carbocycles. The average Bonchev–Trinajstić information content (AvgIpc) is 2.41. The van der Waals surface area contributed by atoms with E-state index >= 15 is 0 Å². The molecule has 0 saturated carbocycles. The van der Waals surface area contributed by atoms with Gasteiger partial charge in [-0.1, -0.05) is 11.6 Å². The summed E-state index contributed by atoms with van der Waals surface area (Å²) in [6.45, 7) is 0. The summed E-state index contributed by atoms with van der Waals surface area (Å²) in [5.74, 6) is 0. The van der Waals surface area contributed by atoms with E-state index in [4.69, 9.17) is 11.6 Å². The van der Waals surface area contributed by atoms with Crippen LogP contribution < -0.4 is 0 Å². The zero-order valence-electron chi connectivity index (χ0n) is 4.71. The van der Waals surface area contributed by atoms with Gasteiger partial charge in [0.2, 0.25) is 0 Å². The standard InChI is InChI=1S/C5H2ClIN2S/c6-3-4(7)9-1-2-10-5(9)8-3/h1-2H. The van der Waals surface area contributed by atoms with Crippen LogP contribution in [-0.2, 0) is 0 Å². The van der Waals surface area contributed by atoms with Crippen molar-refractivity contribution in [2.45, 2.75) is 0 Å². The van der Waals surface area contributed by atoms with Crippen LogP contribution in [0.15, 0.2) is 11.6 Å². The van der Waals surface area contributed by atoms with Crippen molar-refractivity contribution in [3.05, 3.63) is 20.4 Å². The van der Waals surface area contributed by atoms with Gasteiger partial charge in [0.05, 0.1) is 0 Å². The van der Waals surface area contributed by atoms with Crippen molar-refractivity contribution in [2.24, 2.45) is 0 Å². The van der Waals surface area contributed by atoms with E-state index in [1.54, 1.807) is 11.3 Å². The number of thiazole rings is 1. The second kappa shape index (κ2) is 2.35. The third-order valence-corrected chi connectivity index (χ3v) is 3.53. The Kier molecular flexibility index (Phi) is 1.62. The molecule has 5 heteroatoms. The molecule has 0 radical (unpaired) electrons. The van der Waals surface area contributed by atoms with Crippen molar-refractivity contribution in [1.29, 1.82) is 0 Å². The highest BCUT2D eigenvalue weighted by Crippen LogP contribution is 2.21. The fourth-order valence-electron chi connectivity index (χ4n) is 0.732. The fourth-order valence-corrected chi connectivity index (χ4v) is 2.34. The van der Waals surface area contributed by atoms with E-state index in [2.05, 4.69) is 27.6 Å². The monoisotopic (exact) mass is 284 g/mol. The Balaban J connectivity index is 2.95. The molecule has 52 valence electrons. The second-order valence-corrected chi connectivity index (χ2v) is 4.00. The summed E-state index contributed by atoms with van der Waals surface area (Å²) in [7, 11) is 0. The van der Waals surface area contributed by atoms with Crippen molar-refractivity contribution in [1.82, 2.24) is 9.38 Å². The molecule has 2 rings (SSSR count). The van der Waals surface area contributed by atoms with Crippen LogP contribution in [0.4, 0.5) is 0 Å². The quantitative estimate of drug-likeness (QED) is 0.680. The number of halogens is 2. The van der Waals surface area contributed by atoms with Crippen LogP contribution in [0.1, 0.15) is 0 Å². The minimum absolute atomic E-state index is 0.590. The minimum atomic E-state index is 0.590. The molecule has 0 aliphatic rings. The van der Waals surface area contributed by atoms with Crippen LogP contribution in [0.2, 0.25) is 5.15 Å². The Morgan fingerprint density at radius 3 is 3.20 bits per heavy atom. The summed E-state index contributed by atoms with van der Waals surface area (Å²) in [5.41, 5.74) is 0. The number of rotatable bonds is 0. The van der Waals surface area contributed by atoms with Crippen LogP contribution in [0, 0.1) is 3.70 Å². The smallest absolute Gasteiger partial charge is 0.195 e. The summed E-state index contributed by atoms with van der Waals surface area (Å²) in [6.07, 6.45) is 1.96. The van der Waals surface area contributed by atoms with Crippen molar-refractivity contribution >= 4 is 50.5 Å². The second-order valence-electron chi connectivity index (χ2n) is 1.75. The van der Waals surface area contributed by atoms with Gasteiger partial charge < -0.3 is 0 Å². The lowest BCUT2D eigenvalue weighted by atomic mass is 10.9. The summed E-state index contributed by atoms with van der Waals surface area (Å²) in [4.78, 5) is 5.07. The highest BCUT2D eigenvalue weighted by Gasteiger charge is 2.06. The van der Waals surface area contributed by atoms with Crippen molar-refractivity contribution < 1.29 is 0 Å². The lowest BCUT2D eigenvalue weighted by molar-refractivity contribution is 1.19. The molecule has 0 amide bonds. The van der Waals surface area contributed by atoms with Crippen LogP contribution in [-0.4, -0.2) is 9.38 Å². The number of hydrogen-bond donors (Lipinski definition) is 0. The molecule has 0 aliphatic heterocycles. The number of hydrogen-bond acceptors (Lipinski definition) is 2. The summed E-state index contributed by atoms with van der Waals surface area (Å²) < 4.78 is 2.95. The first-order valence-electron chi connectivity index (χ1n) is 2.55. The molecule has 2 heterocycles. The lowest BCUT2D eigenvalue weighted by Gasteiger charge is -1.82. The van der Waals surface area contributed by atoms with Gasteiger partial charge in [0, 0.05) is 11.6 Å². The average molecular weight is 285 g/mol. The van der Waals surface area contributed by atoms with E-state index in [-0.39, 0.29) is 0 Å². The fraction of sp³-hybridized carbons (Fsp3) is 0. The molecule has 2 aromatic rings. The third kappa shape index (κ3) is 0.860. The zero-order valence-corrected chi connectivity index (χ0v) is 8.44. The summed E-state index contributed by atoms with van der Waals surface area (Å²) in [6, 6.07) is 0. The molecule has 0 atom stereocenters. The first-order chi connectivity index (χ1) is 4.79. The first-order valence-corrected chi connectivity index (χ1v) is 4.89. The summed E-state index contributed by atoms with van der Waals surface area (Å²) >= 11 is 9.52. The molecular weight excluding hydrogens is 282 g/mol. The molecule has 0 fully saturated rings. The molecule has 10 heavy (non-hydrogen) atoms. The minimum Gasteiger partial charge on any atom is -0.284 e. The Morgan fingerprint density at radius 2 is 2.50 bits per heavy atom. The van der Waals surface area contributed by atoms with Crippen molar-refractivity contribution in [3.8, 4) is 0 Å². The van der Waals surface area contributed by atoms with Crippen LogP contribution in [0.5, 0.6) is 0 Å². The highest BCUT2D eigenvalue weighted by atomic mass is 127. The lowest BCUT2D eigenvalue weighted by Crippen LogP contribution is -1.77. The van der Waals surface area contributed by atoms with Gasteiger partial charge in [0.25, 0.3) is 0 Å². The predicted molar refractivity (Wildman–Crippen MR) is 50.8 cm³/mol. The van der Waals surface area contributed by atoms with Crippen molar-refractivity contribution in [3.63, 3.8) is 0 Å². The molecule has 2 nitrogen and oxygen atoms in total. The SMILES string of the molecule is Clc1nc2sccn2c1I. The van der Waals surface area contributed by atoms with Gasteiger partial charge in [0.15, 0.2) is 10.1 Å². The van der Waals surface area contributed by atoms with Gasteiger partial charge in [0.1, 0.15) is 3.70 Å². The third-order valence-electron chi connectivity index (χ3n) is 1.16. The Labute approximate surface area is 80.0 Å². The largest absolute Gasteiger partial charge is 0.284 e. The van der Waals surface area contributed by atoms with E-state index in [0.717, 1.165) is 8.66 Å². The number of nitrogens with zero attached hydrogens (tertiary/aromatic N) is 2. The first kappa shape index (κ1) is 6.87. The van der Waals surface area contributed by atoms with Gasteiger partial charge in [-0.15, -0.1) is 11.3 Å². The number of fused-ring (bicyclic) bond motifs is 1. The maximum atomic E-state index is 5.76. The molecule has 0 spiro atoms. The van der Waals surface area contributed by atoms with E-state index < -0.39 is 0 Å². The van der Waals surface area contributed by atoms with Crippen LogP contribution in [0.3, 0.4) is 0 Å². The van der Waals surface area contributed by atoms with Crippen molar-refractivity contribution in [2.75, 3.05) is 0 Å². The molecule has 0 saturated heterocycles. The van der Waals surface area contributed by atoms with Gasteiger partial charge in [-0.05, 0) is 22.6 Å². The van der Waals surface area contributed by atoms with E-state index in [9.17, 15) is 0 Å². The van der Waals surface area contributed by atoms with Gasteiger partial charge in [-0.3, -0.25) is 4.40 Å². The summed E-state index contributed by atoms with van der Waals surface area (Å²) in [5, 5.41) is 2.58. The topological polar surface area (TPSA) is 17.3 Å². The molecule has 0 aromatic carbocycles. The Hall–Kier alpha value is 0.190. The van der Waals surface area contributed by atoms with Crippen LogP contribution >= 0.6 is 45.5 Å². The molecule has 2 aromatic heterocycles. The molecule has 0 N–H and O–H groups in total. The van der Waals surface area contributed by atoms with Gasteiger partial charge >= 0.3 is 0 Å². The molecular formula is C5H2ClIN2S. The normalized spacial score (nSPS) is 11.0. The van der Waals surface area contributed by atoms with Gasteiger partial charge in [-0.25, -0.2) is 4.98 Å². The maximum absolute atomic E-state index is 5.76. The van der Waals surface area contributed by atoms with E-state index in [1.807, 2.05) is 16.0 Å². The van der Waals surface area contributed by atoms with E-state index in [1.165, 1.54) is 0 Å². The Bertz CT molecular complexity index is 366. The zero-order chi connectivity index (χ0) is 7.14. The highest BCUT2D eigenvalue weighted by molar-refractivity contribution is 14.1. The van der Waals surface area contributed by atoms with Gasteiger partial charge in [-0.2, -0.15) is 0 Å². The maximum Gasteiger partial charge on any atom is 0.195 e. The predicted octanol–water partition coefficient (Wildman–Crippen LogP) is 2.65. The molecule has 0 bridgehead atoms. The Morgan fingerprint density at radius 1 is 1.70 bits per heavy atom.